The monoisotopic (exact) mass is 246 g/mol. The van der Waals surface area contributed by atoms with Crippen molar-refractivity contribution in [3.8, 4) is 0 Å². The van der Waals surface area contributed by atoms with E-state index in [1.54, 1.807) is 0 Å². The average molecular weight is 246 g/mol. The lowest BCUT2D eigenvalue weighted by molar-refractivity contribution is -0.128. The first kappa shape index (κ1) is 12.9. The molecule has 1 amide bonds. The molecule has 0 spiro atoms. The quantitative estimate of drug-likeness (QED) is 0.886. The van der Waals surface area contributed by atoms with Gasteiger partial charge in [-0.2, -0.15) is 0 Å². The normalized spacial score (nSPS) is 15.2. The van der Waals surface area contributed by atoms with Gasteiger partial charge in [0.1, 0.15) is 0 Å². The van der Waals surface area contributed by atoms with Gasteiger partial charge in [0, 0.05) is 18.8 Å². The van der Waals surface area contributed by atoms with Gasteiger partial charge in [0.05, 0.1) is 6.54 Å². The van der Waals surface area contributed by atoms with Gasteiger partial charge >= 0.3 is 0 Å². The van der Waals surface area contributed by atoms with Gasteiger partial charge in [0.25, 0.3) is 0 Å². The lowest BCUT2D eigenvalue weighted by Crippen LogP contribution is -2.32. The summed E-state index contributed by atoms with van der Waals surface area (Å²) in [6.45, 7) is 6.60. The highest BCUT2D eigenvalue weighted by Crippen LogP contribution is 2.18. The van der Waals surface area contributed by atoms with Gasteiger partial charge in [-0.1, -0.05) is 26.0 Å². The summed E-state index contributed by atoms with van der Waals surface area (Å²) in [6.07, 6.45) is 2.29. The van der Waals surface area contributed by atoms with Crippen LogP contribution in [-0.2, 0) is 4.79 Å². The zero-order valence-electron chi connectivity index (χ0n) is 11.3. The maximum Gasteiger partial charge on any atom is 0.241 e. The van der Waals surface area contributed by atoms with Gasteiger partial charge in [-0.15, -0.1) is 0 Å². The molecule has 0 bridgehead atoms. The van der Waals surface area contributed by atoms with Crippen molar-refractivity contribution in [1.29, 1.82) is 0 Å². The van der Waals surface area contributed by atoms with E-state index >= 15 is 0 Å². The summed E-state index contributed by atoms with van der Waals surface area (Å²) in [5, 5.41) is 3.23. The number of anilines is 1. The SMILES string of the molecule is CC(C)c1cccc(NCC(=O)N2CCCC2)c1. The van der Waals surface area contributed by atoms with Crippen LogP contribution >= 0.6 is 0 Å². The summed E-state index contributed by atoms with van der Waals surface area (Å²) in [7, 11) is 0. The molecule has 0 atom stereocenters. The fourth-order valence-corrected chi connectivity index (χ4v) is 2.26. The number of likely N-dealkylation sites (tertiary alicyclic amines) is 1. The van der Waals surface area contributed by atoms with Crippen LogP contribution in [0.15, 0.2) is 24.3 Å². The van der Waals surface area contributed by atoms with E-state index in [0.29, 0.717) is 12.5 Å². The number of hydrogen-bond acceptors (Lipinski definition) is 2. The molecule has 2 rings (SSSR count). The number of rotatable bonds is 4. The number of nitrogens with zero attached hydrogens (tertiary/aromatic N) is 1. The summed E-state index contributed by atoms with van der Waals surface area (Å²) in [6, 6.07) is 8.31. The van der Waals surface area contributed by atoms with Crippen molar-refractivity contribution in [3.63, 3.8) is 0 Å². The second-order valence-electron chi connectivity index (χ2n) is 5.22. The predicted octanol–water partition coefficient (Wildman–Crippen LogP) is 2.84. The summed E-state index contributed by atoms with van der Waals surface area (Å²) in [5.41, 5.74) is 2.34. The molecule has 1 aliphatic heterocycles. The fourth-order valence-electron chi connectivity index (χ4n) is 2.26. The Morgan fingerprint density at radius 1 is 1.33 bits per heavy atom. The minimum absolute atomic E-state index is 0.211. The van der Waals surface area contributed by atoms with Crippen molar-refractivity contribution >= 4 is 11.6 Å². The van der Waals surface area contributed by atoms with Crippen molar-refractivity contribution in [2.24, 2.45) is 0 Å². The zero-order chi connectivity index (χ0) is 13.0. The van der Waals surface area contributed by atoms with Crippen molar-refractivity contribution < 1.29 is 4.79 Å². The summed E-state index contributed by atoms with van der Waals surface area (Å²) in [4.78, 5) is 13.8. The first-order valence-electron chi connectivity index (χ1n) is 6.78. The van der Waals surface area contributed by atoms with Crippen LogP contribution in [-0.4, -0.2) is 30.4 Å². The summed E-state index contributed by atoms with van der Waals surface area (Å²) in [5.74, 6) is 0.725. The summed E-state index contributed by atoms with van der Waals surface area (Å²) >= 11 is 0. The van der Waals surface area contributed by atoms with Crippen LogP contribution in [0.1, 0.15) is 38.2 Å². The molecule has 18 heavy (non-hydrogen) atoms. The van der Waals surface area contributed by atoms with Crippen molar-refractivity contribution in [3.05, 3.63) is 29.8 Å². The van der Waals surface area contributed by atoms with E-state index in [-0.39, 0.29) is 5.91 Å². The Kier molecular flexibility index (Phi) is 4.24. The second-order valence-corrected chi connectivity index (χ2v) is 5.22. The van der Waals surface area contributed by atoms with E-state index in [1.807, 2.05) is 17.0 Å². The Hall–Kier alpha value is -1.51. The van der Waals surface area contributed by atoms with Crippen LogP contribution < -0.4 is 5.32 Å². The Morgan fingerprint density at radius 3 is 2.72 bits per heavy atom. The molecule has 0 aliphatic carbocycles. The molecule has 3 nitrogen and oxygen atoms in total. The van der Waals surface area contributed by atoms with Gasteiger partial charge < -0.3 is 10.2 Å². The van der Waals surface area contributed by atoms with Crippen LogP contribution in [0.25, 0.3) is 0 Å². The van der Waals surface area contributed by atoms with E-state index in [0.717, 1.165) is 31.6 Å². The highest BCUT2D eigenvalue weighted by atomic mass is 16.2. The number of carbonyl (C=O) groups is 1. The molecular weight excluding hydrogens is 224 g/mol. The fraction of sp³-hybridized carbons (Fsp3) is 0.533. The van der Waals surface area contributed by atoms with Crippen LogP contribution in [0.5, 0.6) is 0 Å². The predicted molar refractivity (Wildman–Crippen MR) is 74.8 cm³/mol. The topological polar surface area (TPSA) is 32.3 Å². The van der Waals surface area contributed by atoms with Gasteiger partial charge in [-0.25, -0.2) is 0 Å². The van der Waals surface area contributed by atoms with E-state index in [2.05, 4.69) is 31.3 Å². The lowest BCUT2D eigenvalue weighted by atomic mass is 10.0. The van der Waals surface area contributed by atoms with Gasteiger partial charge in [-0.05, 0) is 36.5 Å². The molecule has 1 aromatic rings. The molecule has 0 saturated carbocycles. The molecule has 0 radical (unpaired) electrons. The average Bonchev–Trinajstić information content (AvgIpc) is 2.90. The first-order valence-corrected chi connectivity index (χ1v) is 6.78. The van der Waals surface area contributed by atoms with Crippen LogP contribution in [0.4, 0.5) is 5.69 Å². The molecule has 1 saturated heterocycles. The van der Waals surface area contributed by atoms with Crippen LogP contribution in [0, 0.1) is 0 Å². The highest BCUT2D eigenvalue weighted by Gasteiger charge is 2.17. The standard InChI is InChI=1S/C15H22N2O/c1-12(2)13-6-5-7-14(10-13)16-11-15(18)17-8-3-4-9-17/h5-7,10,12,16H,3-4,8-9,11H2,1-2H3. The van der Waals surface area contributed by atoms with Crippen LogP contribution in [0.3, 0.4) is 0 Å². The largest absolute Gasteiger partial charge is 0.376 e. The first-order chi connectivity index (χ1) is 8.66. The van der Waals surface area contributed by atoms with E-state index in [4.69, 9.17) is 0 Å². The Balaban J connectivity index is 1.89. The van der Waals surface area contributed by atoms with E-state index in [9.17, 15) is 4.79 Å². The van der Waals surface area contributed by atoms with Crippen molar-refractivity contribution in [1.82, 2.24) is 4.90 Å². The van der Waals surface area contributed by atoms with Gasteiger partial charge in [-0.3, -0.25) is 4.79 Å². The number of carbonyl (C=O) groups excluding carboxylic acids is 1. The third-order valence-electron chi connectivity index (χ3n) is 3.46. The number of benzene rings is 1. The van der Waals surface area contributed by atoms with Crippen molar-refractivity contribution in [2.45, 2.75) is 32.6 Å². The maximum atomic E-state index is 11.9. The maximum absolute atomic E-state index is 11.9. The Morgan fingerprint density at radius 2 is 2.06 bits per heavy atom. The Labute approximate surface area is 109 Å². The van der Waals surface area contributed by atoms with Gasteiger partial charge in [0.15, 0.2) is 0 Å². The minimum Gasteiger partial charge on any atom is -0.376 e. The number of nitrogens with one attached hydrogen (secondary N) is 1. The molecule has 1 aliphatic rings. The highest BCUT2D eigenvalue weighted by molar-refractivity contribution is 5.81. The number of amides is 1. The van der Waals surface area contributed by atoms with Gasteiger partial charge in [0.2, 0.25) is 5.91 Å². The molecule has 0 aromatic heterocycles. The molecule has 3 heteroatoms. The van der Waals surface area contributed by atoms with E-state index in [1.165, 1.54) is 5.56 Å². The Bertz CT molecular complexity index is 409. The third kappa shape index (κ3) is 3.25. The minimum atomic E-state index is 0.211. The summed E-state index contributed by atoms with van der Waals surface area (Å²) < 4.78 is 0. The number of hydrogen-bond donors (Lipinski definition) is 1. The smallest absolute Gasteiger partial charge is 0.241 e. The third-order valence-corrected chi connectivity index (χ3v) is 3.46. The lowest BCUT2D eigenvalue weighted by Gasteiger charge is -2.16. The molecule has 1 aromatic carbocycles. The molecule has 1 heterocycles. The molecular formula is C15H22N2O. The van der Waals surface area contributed by atoms with Crippen molar-refractivity contribution in [2.75, 3.05) is 25.0 Å². The molecule has 1 fully saturated rings. The molecule has 1 N–H and O–H groups in total. The van der Waals surface area contributed by atoms with Crippen LogP contribution in [0.2, 0.25) is 0 Å². The molecule has 98 valence electrons. The second kappa shape index (κ2) is 5.89. The molecule has 0 unspecified atom stereocenters. The zero-order valence-corrected chi connectivity index (χ0v) is 11.3. The van der Waals surface area contributed by atoms with E-state index < -0.39 is 0 Å².